The zero-order valence-electron chi connectivity index (χ0n) is 14.9. The van der Waals surface area contributed by atoms with Gasteiger partial charge in [-0.25, -0.2) is 8.42 Å². The van der Waals surface area contributed by atoms with E-state index in [4.69, 9.17) is 28.9 Å². The number of amides is 2. The van der Waals surface area contributed by atoms with Gasteiger partial charge in [-0.3, -0.25) is 9.59 Å². The van der Waals surface area contributed by atoms with Crippen molar-refractivity contribution in [2.45, 2.75) is 4.90 Å². The fourth-order valence-corrected chi connectivity index (χ4v) is 5.02. The van der Waals surface area contributed by atoms with Crippen LogP contribution in [0.1, 0.15) is 20.8 Å². The van der Waals surface area contributed by atoms with Crippen LogP contribution in [-0.4, -0.2) is 60.2 Å². The molecule has 2 N–H and O–H groups in total. The van der Waals surface area contributed by atoms with Crippen LogP contribution in [0.15, 0.2) is 35.4 Å². The largest absolute Gasteiger partial charge is 0.364 e. The van der Waals surface area contributed by atoms with Crippen LogP contribution in [0.4, 0.5) is 0 Å². The highest BCUT2D eigenvalue weighted by Crippen LogP contribution is 2.24. The lowest BCUT2D eigenvalue weighted by Crippen LogP contribution is -2.50. The third-order valence-electron chi connectivity index (χ3n) is 4.56. The van der Waals surface area contributed by atoms with E-state index in [1.165, 1.54) is 27.2 Å². The lowest BCUT2D eigenvalue weighted by molar-refractivity contribution is 0.0698. The highest BCUT2D eigenvalue weighted by Gasteiger charge is 2.32. The number of carbonyl (C=O) groups is 2. The van der Waals surface area contributed by atoms with Crippen molar-refractivity contribution < 1.29 is 18.0 Å². The molecule has 150 valence electrons. The number of nitrogens with zero attached hydrogens (tertiary/aromatic N) is 3. The summed E-state index contributed by atoms with van der Waals surface area (Å²) >= 11 is 11.9. The van der Waals surface area contributed by atoms with Crippen LogP contribution in [0.5, 0.6) is 0 Å². The van der Waals surface area contributed by atoms with Crippen molar-refractivity contribution in [1.29, 1.82) is 0 Å². The van der Waals surface area contributed by atoms with Gasteiger partial charge in [-0.05, 0) is 24.3 Å². The third kappa shape index (κ3) is 3.88. The van der Waals surface area contributed by atoms with Gasteiger partial charge in [0.15, 0.2) is 0 Å². The molecule has 0 radical (unpaired) electrons. The fourth-order valence-electron chi connectivity index (χ4n) is 3.03. The van der Waals surface area contributed by atoms with Crippen LogP contribution < -0.4 is 5.73 Å². The molecule has 0 spiro atoms. The van der Waals surface area contributed by atoms with Crippen LogP contribution in [0.3, 0.4) is 0 Å². The van der Waals surface area contributed by atoms with Gasteiger partial charge in [-0.1, -0.05) is 23.2 Å². The van der Waals surface area contributed by atoms with Crippen LogP contribution in [0.25, 0.3) is 0 Å². The number of aryl methyl sites for hydroxylation is 1. The molecule has 1 aromatic carbocycles. The molecule has 2 heterocycles. The first-order chi connectivity index (χ1) is 13.1. The summed E-state index contributed by atoms with van der Waals surface area (Å²) in [6, 6.07) is 5.87. The molecule has 0 aliphatic carbocycles. The molecule has 1 fully saturated rings. The number of hydrogen-bond donors (Lipinski definition) is 1. The smallest absolute Gasteiger partial charge is 0.265 e. The van der Waals surface area contributed by atoms with Gasteiger partial charge in [0.25, 0.3) is 11.8 Å². The molecule has 2 aromatic rings. The summed E-state index contributed by atoms with van der Waals surface area (Å²) in [5.74, 6) is -0.992. The average molecular weight is 445 g/mol. The van der Waals surface area contributed by atoms with Crippen molar-refractivity contribution in [3.63, 3.8) is 0 Å². The number of sulfonamides is 1. The van der Waals surface area contributed by atoms with Gasteiger partial charge in [-0.15, -0.1) is 0 Å². The Morgan fingerprint density at radius 1 is 1.07 bits per heavy atom. The molecule has 1 saturated heterocycles. The number of carbonyl (C=O) groups excluding carboxylic acids is 2. The number of aromatic nitrogens is 1. The highest BCUT2D eigenvalue weighted by atomic mass is 35.5. The lowest BCUT2D eigenvalue weighted by atomic mass is 10.2. The van der Waals surface area contributed by atoms with Gasteiger partial charge in [0.05, 0.1) is 10.6 Å². The summed E-state index contributed by atoms with van der Waals surface area (Å²) < 4.78 is 28.3. The van der Waals surface area contributed by atoms with E-state index in [1.54, 1.807) is 24.1 Å². The minimum Gasteiger partial charge on any atom is -0.364 e. The van der Waals surface area contributed by atoms with Crippen molar-refractivity contribution in [1.82, 2.24) is 13.8 Å². The number of nitrogens with two attached hydrogens (primary N) is 1. The van der Waals surface area contributed by atoms with E-state index < -0.39 is 15.9 Å². The van der Waals surface area contributed by atoms with E-state index in [0.717, 1.165) is 0 Å². The number of rotatable bonds is 4. The Morgan fingerprint density at radius 2 is 1.71 bits per heavy atom. The Hall–Kier alpha value is -2.07. The van der Waals surface area contributed by atoms with Gasteiger partial charge >= 0.3 is 0 Å². The van der Waals surface area contributed by atoms with Crippen LogP contribution in [0, 0.1) is 0 Å². The monoisotopic (exact) mass is 444 g/mol. The second-order valence-corrected chi connectivity index (χ2v) is 9.14. The van der Waals surface area contributed by atoms with E-state index in [9.17, 15) is 18.0 Å². The summed E-state index contributed by atoms with van der Waals surface area (Å²) in [6.45, 7) is 0.680. The Kier molecular flexibility index (Phi) is 5.72. The van der Waals surface area contributed by atoms with Crippen molar-refractivity contribution in [2.24, 2.45) is 12.8 Å². The van der Waals surface area contributed by atoms with E-state index in [-0.39, 0.29) is 47.7 Å². The first-order valence-corrected chi connectivity index (χ1v) is 10.5. The summed E-state index contributed by atoms with van der Waals surface area (Å²) in [5, 5.41) is 0.673. The third-order valence-corrected chi connectivity index (χ3v) is 6.97. The Morgan fingerprint density at radius 3 is 2.25 bits per heavy atom. The van der Waals surface area contributed by atoms with Crippen LogP contribution >= 0.6 is 23.2 Å². The summed E-state index contributed by atoms with van der Waals surface area (Å²) in [7, 11) is -2.25. The van der Waals surface area contributed by atoms with Gasteiger partial charge in [-0.2, -0.15) is 4.31 Å². The van der Waals surface area contributed by atoms with Crippen molar-refractivity contribution in [3.8, 4) is 0 Å². The molecule has 1 aliphatic rings. The van der Waals surface area contributed by atoms with E-state index >= 15 is 0 Å². The summed E-state index contributed by atoms with van der Waals surface area (Å²) in [6.07, 6.45) is 1.35. The first-order valence-electron chi connectivity index (χ1n) is 8.32. The van der Waals surface area contributed by atoms with Gasteiger partial charge in [0.1, 0.15) is 10.6 Å². The molecular weight excluding hydrogens is 427 g/mol. The Bertz CT molecular complexity index is 1040. The van der Waals surface area contributed by atoms with Gasteiger partial charge < -0.3 is 15.2 Å². The normalized spacial score (nSPS) is 15.6. The molecule has 28 heavy (non-hydrogen) atoms. The molecule has 1 aliphatic heterocycles. The molecule has 2 amide bonds. The molecule has 0 atom stereocenters. The fraction of sp³-hybridized carbons (Fsp3) is 0.294. The Labute approximate surface area is 172 Å². The predicted octanol–water partition coefficient (Wildman–Crippen LogP) is 1.58. The van der Waals surface area contributed by atoms with Crippen LogP contribution in [-0.2, 0) is 17.1 Å². The molecule has 0 unspecified atom stereocenters. The Balaban J connectivity index is 1.73. The second kappa shape index (κ2) is 7.75. The molecule has 11 heteroatoms. The predicted molar refractivity (Wildman–Crippen MR) is 105 cm³/mol. The SMILES string of the molecule is Cn1cc(S(=O)(=O)N2CCN(C(=O)c3ccc(Cl)cc3Cl)CC2)cc1C(N)=O. The highest BCUT2D eigenvalue weighted by molar-refractivity contribution is 7.89. The minimum absolute atomic E-state index is 0.00989. The minimum atomic E-state index is -3.80. The number of benzene rings is 1. The summed E-state index contributed by atoms with van der Waals surface area (Å²) in [4.78, 5) is 25.6. The van der Waals surface area contributed by atoms with E-state index in [0.29, 0.717) is 10.6 Å². The van der Waals surface area contributed by atoms with Crippen molar-refractivity contribution in [2.75, 3.05) is 26.2 Å². The summed E-state index contributed by atoms with van der Waals surface area (Å²) in [5.41, 5.74) is 5.66. The first kappa shape index (κ1) is 20.7. The molecule has 0 saturated carbocycles. The van der Waals surface area contributed by atoms with Crippen molar-refractivity contribution in [3.05, 3.63) is 51.8 Å². The standard InChI is InChI=1S/C17H18Cl2N4O4S/c1-21-10-12(9-15(21)16(20)24)28(26,27)23-6-4-22(5-7-23)17(25)13-3-2-11(18)8-14(13)19/h2-3,8-10H,4-7H2,1H3,(H2,20,24). The van der Waals surface area contributed by atoms with Crippen LogP contribution in [0.2, 0.25) is 10.0 Å². The number of primary amides is 1. The van der Waals surface area contributed by atoms with E-state index in [1.807, 2.05) is 0 Å². The lowest BCUT2D eigenvalue weighted by Gasteiger charge is -2.34. The zero-order chi connectivity index (χ0) is 20.6. The number of halogens is 2. The van der Waals surface area contributed by atoms with Gasteiger partial charge in [0, 0.05) is 44.4 Å². The molecule has 1 aromatic heterocycles. The molecular formula is C17H18Cl2N4O4S. The average Bonchev–Trinajstić information content (AvgIpc) is 3.04. The van der Waals surface area contributed by atoms with Gasteiger partial charge in [0.2, 0.25) is 10.0 Å². The molecule has 0 bridgehead atoms. The zero-order valence-corrected chi connectivity index (χ0v) is 17.3. The maximum absolute atomic E-state index is 12.8. The number of hydrogen-bond acceptors (Lipinski definition) is 4. The molecule has 8 nitrogen and oxygen atoms in total. The maximum atomic E-state index is 12.8. The second-order valence-electron chi connectivity index (χ2n) is 6.36. The van der Waals surface area contributed by atoms with E-state index in [2.05, 4.69) is 0 Å². The quantitative estimate of drug-likeness (QED) is 0.771. The maximum Gasteiger partial charge on any atom is 0.265 e. The number of piperazine rings is 1. The molecule has 3 rings (SSSR count). The van der Waals surface area contributed by atoms with Crippen molar-refractivity contribution >= 4 is 45.0 Å². The topological polar surface area (TPSA) is 106 Å².